The van der Waals surface area contributed by atoms with Gasteiger partial charge in [-0.25, -0.2) is 0 Å². The van der Waals surface area contributed by atoms with Gasteiger partial charge in [-0.1, -0.05) is 61.4 Å². The topological polar surface area (TPSA) is 9.72 Å². The highest BCUT2D eigenvalue weighted by molar-refractivity contribution is 5.25. The van der Waals surface area contributed by atoms with E-state index in [-0.39, 0.29) is 0 Å². The van der Waals surface area contributed by atoms with Gasteiger partial charge in [0.25, 0.3) is 0 Å². The van der Waals surface area contributed by atoms with E-state index in [2.05, 4.69) is 71.0 Å². The fourth-order valence-electron chi connectivity index (χ4n) is 4.35. The predicted molar refractivity (Wildman–Crippen MR) is 125 cm³/mol. The summed E-state index contributed by atoms with van der Waals surface area (Å²) in [6.45, 7) is 15.3. The number of nitrogens with zero attached hydrogens (tertiary/aromatic N) is 3. The molecule has 1 aromatic carbocycles. The Morgan fingerprint density at radius 2 is 1.55 bits per heavy atom. The number of benzene rings is 1. The zero-order valence-electron chi connectivity index (χ0n) is 18.8. The van der Waals surface area contributed by atoms with Crippen molar-refractivity contribution in [3.63, 3.8) is 0 Å². The molecule has 1 fully saturated rings. The van der Waals surface area contributed by atoms with Crippen LogP contribution in [-0.2, 0) is 6.54 Å². The van der Waals surface area contributed by atoms with Crippen LogP contribution in [0.5, 0.6) is 0 Å². The molecule has 0 spiro atoms. The van der Waals surface area contributed by atoms with Crippen molar-refractivity contribution in [1.29, 1.82) is 0 Å². The highest BCUT2D eigenvalue weighted by Gasteiger charge is 2.16. The smallest absolute Gasteiger partial charge is 0.0237 e. The van der Waals surface area contributed by atoms with Gasteiger partial charge in [0.2, 0.25) is 0 Å². The molecule has 1 aliphatic heterocycles. The lowest BCUT2D eigenvalue weighted by molar-refractivity contribution is 0.125. The number of hydrogen-bond acceptors (Lipinski definition) is 3. The van der Waals surface area contributed by atoms with Crippen LogP contribution < -0.4 is 0 Å². The number of rotatable bonds is 11. The molecule has 1 heterocycles. The third-order valence-electron chi connectivity index (χ3n) is 6.25. The van der Waals surface area contributed by atoms with Crippen molar-refractivity contribution in [2.45, 2.75) is 52.5 Å². The van der Waals surface area contributed by atoms with Crippen LogP contribution in [0.2, 0.25) is 0 Å². The van der Waals surface area contributed by atoms with Gasteiger partial charge >= 0.3 is 0 Å². The molecule has 3 nitrogen and oxygen atoms in total. The maximum absolute atomic E-state index is 2.67. The summed E-state index contributed by atoms with van der Waals surface area (Å²) in [6, 6.07) is 9.07. The minimum Gasteiger partial charge on any atom is -0.301 e. The maximum Gasteiger partial charge on any atom is 0.0237 e. The van der Waals surface area contributed by atoms with Gasteiger partial charge in [0.15, 0.2) is 0 Å². The van der Waals surface area contributed by atoms with Gasteiger partial charge in [-0.2, -0.15) is 0 Å². The summed E-state index contributed by atoms with van der Waals surface area (Å²) in [5, 5.41) is 0. The maximum atomic E-state index is 2.67. The largest absolute Gasteiger partial charge is 0.301 e. The van der Waals surface area contributed by atoms with E-state index in [0.29, 0.717) is 0 Å². The third-order valence-corrected chi connectivity index (χ3v) is 6.25. The van der Waals surface area contributed by atoms with Crippen molar-refractivity contribution in [2.75, 3.05) is 52.4 Å². The number of piperazine rings is 1. The summed E-state index contributed by atoms with van der Waals surface area (Å²) in [6.07, 6.45) is 13.4. The second kappa shape index (κ2) is 12.3. The second-order valence-corrected chi connectivity index (χ2v) is 8.85. The first-order chi connectivity index (χ1) is 14.2. The van der Waals surface area contributed by atoms with E-state index in [1.165, 1.54) is 94.6 Å². The molecule has 0 aromatic heterocycles. The molecule has 29 heavy (non-hydrogen) atoms. The molecule has 3 heteroatoms. The molecule has 0 amide bonds. The van der Waals surface area contributed by atoms with E-state index in [1.807, 2.05) is 0 Å². The highest BCUT2D eigenvalue weighted by atomic mass is 15.3. The van der Waals surface area contributed by atoms with Gasteiger partial charge in [0.05, 0.1) is 0 Å². The quantitative estimate of drug-likeness (QED) is 0.529. The van der Waals surface area contributed by atoms with Gasteiger partial charge in [-0.15, -0.1) is 0 Å². The molecule has 0 N–H and O–H groups in total. The van der Waals surface area contributed by atoms with E-state index in [1.54, 1.807) is 0 Å². The van der Waals surface area contributed by atoms with Crippen molar-refractivity contribution in [2.24, 2.45) is 0 Å². The summed E-state index contributed by atoms with van der Waals surface area (Å²) in [4.78, 5) is 7.96. The molecule has 0 atom stereocenters. The Bertz CT molecular complexity index is 638. The van der Waals surface area contributed by atoms with Gasteiger partial charge in [0, 0.05) is 45.8 Å². The number of unbranched alkanes of at least 4 members (excludes halogenated alkanes) is 1. The zero-order chi connectivity index (χ0) is 20.3. The molecule has 3 rings (SSSR count). The normalized spacial score (nSPS) is 18.4. The summed E-state index contributed by atoms with van der Waals surface area (Å²) in [7, 11) is 0. The minimum absolute atomic E-state index is 1.05. The van der Waals surface area contributed by atoms with Crippen molar-refractivity contribution in [3.05, 3.63) is 59.2 Å². The van der Waals surface area contributed by atoms with Gasteiger partial charge < -0.3 is 9.80 Å². The summed E-state index contributed by atoms with van der Waals surface area (Å²) >= 11 is 0. The first-order valence-electron chi connectivity index (χ1n) is 11.8. The van der Waals surface area contributed by atoms with Crippen LogP contribution in [0.25, 0.3) is 0 Å². The monoisotopic (exact) mass is 395 g/mol. The van der Waals surface area contributed by atoms with Crippen molar-refractivity contribution < 1.29 is 0 Å². The Balaban J connectivity index is 1.45. The van der Waals surface area contributed by atoms with Crippen LogP contribution in [0.4, 0.5) is 0 Å². The standard InChI is InChI=1S/C26H41N3/c1-3-4-15-27-18-20-28(21-19-27)16-8-17-29(22-25-9-6-5-7-10-25)23-26-13-11-24(2)12-14-26/h6,9-14H,3-5,7-8,15-23H2,1-2H3. The molecular weight excluding hydrogens is 354 g/mol. The molecule has 2 aliphatic rings. The van der Waals surface area contributed by atoms with Crippen LogP contribution in [0.1, 0.15) is 50.2 Å². The summed E-state index contributed by atoms with van der Waals surface area (Å²) in [5.41, 5.74) is 4.27. The highest BCUT2D eigenvalue weighted by Crippen LogP contribution is 2.15. The Kier molecular flexibility index (Phi) is 9.46. The second-order valence-electron chi connectivity index (χ2n) is 8.85. The van der Waals surface area contributed by atoms with Crippen molar-refractivity contribution in [1.82, 2.24) is 14.7 Å². The molecule has 0 bridgehead atoms. The Hall–Kier alpha value is -1.42. The number of aryl methyl sites for hydroxylation is 1. The lowest BCUT2D eigenvalue weighted by atomic mass is 10.1. The number of allylic oxidation sites excluding steroid dienone is 2. The van der Waals surface area contributed by atoms with Gasteiger partial charge in [-0.3, -0.25) is 4.90 Å². The van der Waals surface area contributed by atoms with E-state index >= 15 is 0 Å². The van der Waals surface area contributed by atoms with Gasteiger partial charge in [0.1, 0.15) is 0 Å². The lowest BCUT2D eigenvalue weighted by Crippen LogP contribution is -2.47. The molecule has 160 valence electrons. The molecule has 1 saturated heterocycles. The minimum atomic E-state index is 1.05. The Morgan fingerprint density at radius 1 is 0.862 bits per heavy atom. The van der Waals surface area contributed by atoms with Crippen molar-refractivity contribution in [3.8, 4) is 0 Å². The van der Waals surface area contributed by atoms with E-state index in [4.69, 9.17) is 0 Å². The van der Waals surface area contributed by atoms with Crippen LogP contribution in [0.15, 0.2) is 48.1 Å². The first-order valence-corrected chi connectivity index (χ1v) is 11.8. The van der Waals surface area contributed by atoms with Gasteiger partial charge in [-0.05, 0) is 56.8 Å². The fourth-order valence-corrected chi connectivity index (χ4v) is 4.35. The molecular formula is C26H41N3. The molecule has 0 saturated carbocycles. The SMILES string of the molecule is CCCCN1CCN(CCCN(CC2=CCCC=C2)Cc2ccc(C)cc2)CC1. The van der Waals surface area contributed by atoms with Crippen LogP contribution >= 0.6 is 0 Å². The van der Waals surface area contributed by atoms with Crippen LogP contribution in [-0.4, -0.2) is 67.1 Å². The van der Waals surface area contributed by atoms with E-state index in [0.717, 1.165) is 13.1 Å². The Morgan fingerprint density at radius 3 is 2.17 bits per heavy atom. The number of hydrogen-bond donors (Lipinski definition) is 0. The third kappa shape index (κ3) is 8.08. The van der Waals surface area contributed by atoms with Crippen molar-refractivity contribution >= 4 is 0 Å². The van der Waals surface area contributed by atoms with E-state index in [9.17, 15) is 0 Å². The Labute approximate surface area is 179 Å². The zero-order valence-corrected chi connectivity index (χ0v) is 18.8. The summed E-state index contributed by atoms with van der Waals surface area (Å²) in [5.74, 6) is 0. The fraction of sp³-hybridized carbons (Fsp3) is 0.615. The molecule has 1 aliphatic carbocycles. The molecule has 0 radical (unpaired) electrons. The summed E-state index contributed by atoms with van der Waals surface area (Å²) < 4.78 is 0. The average molecular weight is 396 g/mol. The van der Waals surface area contributed by atoms with Crippen LogP contribution in [0, 0.1) is 6.92 Å². The van der Waals surface area contributed by atoms with E-state index < -0.39 is 0 Å². The lowest BCUT2D eigenvalue weighted by Gasteiger charge is -2.35. The molecule has 0 unspecified atom stereocenters. The first kappa shape index (κ1) is 22.3. The molecule has 1 aromatic rings. The average Bonchev–Trinajstić information content (AvgIpc) is 2.75. The predicted octanol–water partition coefficient (Wildman–Crippen LogP) is 4.88. The van der Waals surface area contributed by atoms with Crippen LogP contribution in [0.3, 0.4) is 0 Å².